The Balaban J connectivity index is 0.000000594. The van der Waals surface area contributed by atoms with Crippen molar-refractivity contribution in [2.45, 2.75) is 116 Å². The minimum atomic E-state index is -5.17. The highest BCUT2D eigenvalue weighted by atomic mass is 32.3. The van der Waals surface area contributed by atoms with Crippen molar-refractivity contribution in [2.75, 3.05) is 26.2 Å². The van der Waals surface area contributed by atoms with E-state index in [9.17, 15) is 0 Å². The molecule has 0 aromatic carbocycles. The Morgan fingerprint density at radius 3 is 1.05 bits per heavy atom. The van der Waals surface area contributed by atoms with Crippen LogP contribution in [0.5, 0.6) is 0 Å². The molecule has 220 valence electrons. The average Bonchev–Trinajstić information content (AvgIpc) is 2.64. The number of hydrogen-bond donors (Lipinski definition) is 6. The van der Waals surface area contributed by atoms with Crippen LogP contribution in [0.2, 0.25) is 0 Å². The molecule has 2 heterocycles. The molecule has 0 unspecified atom stereocenters. The molecule has 0 amide bonds. The van der Waals surface area contributed by atoms with Crippen molar-refractivity contribution >= 4 is 22.3 Å². The van der Waals surface area contributed by atoms with Crippen LogP contribution >= 0.6 is 0 Å². The molecule has 0 aromatic rings. The summed E-state index contributed by atoms with van der Waals surface area (Å²) in [5, 5.41) is 0. The van der Waals surface area contributed by atoms with Gasteiger partial charge in [-0.1, -0.05) is 0 Å². The third-order valence-corrected chi connectivity index (χ3v) is 7.79. The van der Waals surface area contributed by atoms with Crippen molar-refractivity contribution in [1.29, 1.82) is 0 Å². The molecule has 13 heteroatoms. The number of rotatable bonds is 6. The molecule has 2 aliphatic heterocycles. The SMILES string of the molecule is CC1(C)CCCC(C)(C)[NH+]1CCN=C(N)N.CC1(C)CCCC(C)(C)[NH+]1CCN=C(N)N.O=S(=O)([O-])[O-]. The molecule has 0 bridgehead atoms. The van der Waals surface area contributed by atoms with Gasteiger partial charge in [-0.15, -0.1) is 0 Å². The van der Waals surface area contributed by atoms with Crippen LogP contribution in [-0.2, 0) is 10.4 Å². The molecular formula is C24H54N8O4S. The standard InChI is InChI=1S/2C12H26N4.H2O4S/c2*1-11(2)6-5-7-12(3,4)16(11)9-8-15-10(13)14;1-5(2,3)4/h2*5-9H2,1-4H3,(H4,13,14,15);(H2,1,2,3,4). The number of likely N-dealkylation sites (tertiary alicyclic amines) is 2. The minimum absolute atomic E-state index is 0.201. The molecular weight excluding hydrogens is 496 g/mol. The van der Waals surface area contributed by atoms with E-state index < -0.39 is 10.4 Å². The fourth-order valence-corrected chi connectivity index (χ4v) is 6.33. The van der Waals surface area contributed by atoms with E-state index in [1.54, 1.807) is 9.80 Å². The quantitative estimate of drug-likeness (QED) is 0.0980. The maximum Gasteiger partial charge on any atom is 0.186 e. The Labute approximate surface area is 224 Å². The maximum atomic E-state index is 8.52. The predicted octanol–water partition coefficient (Wildman–Crippen LogP) is -1.57. The lowest BCUT2D eigenvalue weighted by Crippen LogP contribution is -3.26. The highest BCUT2D eigenvalue weighted by Crippen LogP contribution is 2.23. The highest BCUT2D eigenvalue weighted by molar-refractivity contribution is 7.79. The maximum absolute atomic E-state index is 8.52. The molecule has 0 spiro atoms. The monoisotopic (exact) mass is 550 g/mol. The fraction of sp³-hybridized carbons (Fsp3) is 0.917. The molecule has 0 aromatic heterocycles. The Morgan fingerprint density at radius 1 is 0.649 bits per heavy atom. The second-order valence-electron chi connectivity index (χ2n) is 12.7. The summed E-state index contributed by atoms with van der Waals surface area (Å²) < 4.78 is 34.1. The van der Waals surface area contributed by atoms with Gasteiger partial charge in [0.25, 0.3) is 0 Å². The van der Waals surface area contributed by atoms with Crippen LogP contribution in [0.4, 0.5) is 0 Å². The number of piperidine rings is 2. The normalized spacial score (nSPS) is 22.3. The van der Waals surface area contributed by atoms with Crippen LogP contribution in [0.25, 0.3) is 0 Å². The Bertz CT molecular complexity index is 766. The molecule has 37 heavy (non-hydrogen) atoms. The van der Waals surface area contributed by atoms with E-state index in [0.717, 1.165) is 26.2 Å². The second kappa shape index (κ2) is 13.9. The van der Waals surface area contributed by atoms with Crippen molar-refractivity contribution < 1.29 is 27.3 Å². The van der Waals surface area contributed by atoms with Crippen LogP contribution in [-0.4, -0.2) is 77.8 Å². The second-order valence-corrected chi connectivity index (χ2v) is 13.5. The number of guanidine groups is 2. The summed E-state index contributed by atoms with van der Waals surface area (Å²) in [6.45, 7) is 22.2. The van der Waals surface area contributed by atoms with Gasteiger partial charge < -0.3 is 41.8 Å². The zero-order valence-electron chi connectivity index (χ0n) is 24.3. The summed E-state index contributed by atoms with van der Waals surface area (Å²) in [6.07, 6.45) is 7.79. The van der Waals surface area contributed by atoms with Crippen LogP contribution < -0.4 is 32.7 Å². The van der Waals surface area contributed by atoms with Gasteiger partial charge in [0.05, 0.1) is 48.3 Å². The molecule has 2 rings (SSSR count). The number of aliphatic imine (C=N–C) groups is 2. The molecule has 0 radical (unpaired) electrons. The number of quaternary nitrogens is 2. The van der Waals surface area contributed by atoms with Crippen molar-refractivity contribution in [3.63, 3.8) is 0 Å². The molecule has 10 N–H and O–H groups in total. The lowest BCUT2D eigenvalue weighted by atomic mass is 9.80. The largest absolute Gasteiger partial charge is 0.759 e. The van der Waals surface area contributed by atoms with Gasteiger partial charge in [-0.05, 0) is 68.2 Å². The number of nitrogens with two attached hydrogens (primary N) is 4. The minimum Gasteiger partial charge on any atom is -0.759 e. The van der Waals surface area contributed by atoms with Gasteiger partial charge in [0, 0.05) is 36.1 Å². The van der Waals surface area contributed by atoms with E-state index >= 15 is 0 Å². The lowest BCUT2D eigenvalue weighted by molar-refractivity contribution is -0.998. The number of hydrogen-bond acceptors (Lipinski definition) is 6. The topological polar surface area (TPSA) is 218 Å². The molecule has 12 nitrogen and oxygen atoms in total. The van der Waals surface area contributed by atoms with Crippen LogP contribution in [0.1, 0.15) is 93.9 Å². The Hall–Kier alpha value is -1.67. The van der Waals surface area contributed by atoms with E-state index in [0.29, 0.717) is 22.2 Å². The third kappa shape index (κ3) is 14.2. The van der Waals surface area contributed by atoms with E-state index in [4.69, 9.17) is 40.5 Å². The lowest BCUT2D eigenvalue weighted by Gasteiger charge is -2.49. The van der Waals surface area contributed by atoms with Gasteiger partial charge >= 0.3 is 0 Å². The number of nitrogens with one attached hydrogen (secondary N) is 2. The first-order valence-electron chi connectivity index (χ1n) is 13.0. The van der Waals surface area contributed by atoms with E-state index in [-0.39, 0.29) is 11.9 Å². The molecule has 2 saturated heterocycles. The van der Waals surface area contributed by atoms with Crippen LogP contribution in [0, 0.1) is 0 Å². The summed E-state index contributed by atoms with van der Waals surface area (Å²) in [7, 11) is -5.17. The first kappa shape index (κ1) is 35.3. The summed E-state index contributed by atoms with van der Waals surface area (Å²) in [5.41, 5.74) is 22.8. The van der Waals surface area contributed by atoms with E-state index in [1.807, 2.05) is 0 Å². The third-order valence-electron chi connectivity index (χ3n) is 7.79. The zero-order valence-corrected chi connectivity index (χ0v) is 25.1. The smallest absolute Gasteiger partial charge is 0.186 e. The van der Waals surface area contributed by atoms with Gasteiger partial charge in [-0.25, -0.2) is 9.98 Å². The average molecular weight is 551 g/mol. The fourth-order valence-electron chi connectivity index (χ4n) is 6.33. The molecule has 2 aliphatic rings. The van der Waals surface area contributed by atoms with E-state index in [1.165, 1.54) is 38.5 Å². The van der Waals surface area contributed by atoms with Crippen LogP contribution in [0.3, 0.4) is 0 Å². The molecule has 0 atom stereocenters. The predicted molar refractivity (Wildman–Crippen MR) is 148 cm³/mol. The van der Waals surface area contributed by atoms with Crippen molar-refractivity contribution in [1.82, 2.24) is 0 Å². The Kier molecular flexibility index (Phi) is 13.3. The highest BCUT2D eigenvalue weighted by Gasteiger charge is 2.45. The van der Waals surface area contributed by atoms with Crippen molar-refractivity contribution in [3.05, 3.63) is 0 Å². The summed E-state index contributed by atoms with van der Waals surface area (Å²) >= 11 is 0. The summed E-state index contributed by atoms with van der Waals surface area (Å²) in [4.78, 5) is 11.4. The number of nitrogens with zero attached hydrogens (tertiary/aromatic N) is 2. The van der Waals surface area contributed by atoms with E-state index in [2.05, 4.69) is 65.4 Å². The molecule has 0 saturated carbocycles. The Morgan fingerprint density at radius 2 is 0.865 bits per heavy atom. The van der Waals surface area contributed by atoms with Gasteiger partial charge in [-0.3, -0.25) is 8.42 Å². The van der Waals surface area contributed by atoms with Crippen molar-refractivity contribution in [3.8, 4) is 0 Å². The molecule has 0 aliphatic carbocycles. The summed E-state index contributed by atoms with van der Waals surface area (Å²) in [5.74, 6) is 0.402. The summed E-state index contributed by atoms with van der Waals surface area (Å²) in [6, 6.07) is 0. The zero-order chi connectivity index (χ0) is 29.3. The first-order valence-corrected chi connectivity index (χ1v) is 14.4. The van der Waals surface area contributed by atoms with Crippen LogP contribution in [0.15, 0.2) is 9.98 Å². The van der Waals surface area contributed by atoms with Gasteiger partial charge in [0.2, 0.25) is 0 Å². The van der Waals surface area contributed by atoms with Gasteiger partial charge in [0.15, 0.2) is 11.9 Å². The van der Waals surface area contributed by atoms with Crippen molar-refractivity contribution in [2.24, 2.45) is 32.9 Å². The van der Waals surface area contributed by atoms with Gasteiger partial charge in [0.1, 0.15) is 0 Å². The first-order chi connectivity index (χ1) is 16.5. The molecule has 2 fully saturated rings. The van der Waals surface area contributed by atoms with Gasteiger partial charge in [-0.2, -0.15) is 0 Å².